The summed E-state index contributed by atoms with van der Waals surface area (Å²) >= 11 is 0. The fraction of sp³-hybridized carbons (Fsp3) is 1.00. The van der Waals surface area contributed by atoms with Crippen molar-refractivity contribution in [3.63, 3.8) is 0 Å². The Morgan fingerprint density at radius 2 is 1.92 bits per heavy atom. The van der Waals surface area contributed by atoms with Gasteiger partial charge in [0.1, 0.15) is 0 Å². The highest BCUT2D eigenvalue weighted by atomic mass is 15.3. The van der Waals surface area contributed by atoms with Crippen molar-refractivity contribution in [3.05, 3.63) is 0 Å². The fourth-order valence-corrected chi connectivity index (χ4v) is 3.06. The molecule has 0 aliphatic carbocycles. The van der Waals surface area contributed by atoms with Crippen LogP contribution in [0.3, 0.4) is 0 Å². The highest BCUT2D eigenvalue weighted by Crippen LogP contribution is 2.38. The summed E-state index contributed by atoms with van der Waals surface area (Å²) in [6, 6.07) is 0. The monoisotopic (exact) mass is 182 g/mol. The van der Waals surface area contributed by atoms with Crippen LogP contribution in [-0.2, 0) is 0 Å². The summed E-state index contributed by atoms with van der Waals surface area (Å²) in [7, 11) is 2.23. The van der Waals surface area contributed by atoms with Crippen molar-refractivity contribution in [3.8, 4) is 0 Å². The van der Waals surface area contributed by atoms with Crippen molar-refractivity contribution in [2.45, 2.75) is 20.3 Å². The molecule has 0 atom stereocenters. The van der Waals surface area contributed by atoms with Gasteiger partial charge in [0.15, 0.2) is 0 Å². The van der Waals surface area contributed by atoms with E-state index in [1.807, 2.05) is 0 Å². The lowest BCUT2D eigenvalue weighted by Crippen LogP contribution is -2.55. The summed E-state index contributed by atoms with van der Waals surface area (Å²) in [6.45, 7) is 11.3. The molecule has 0 aromatic heterocycles. The van der Waals surface area contributed by atoms with Crippen LogP contribution in [0.2, 0.25) is 0 Å². The first-order valence-corrected chi connectivity index (χ1v) is 5.51. The van der Waals surface area contributed by atoms with E-state index in [1.165, 1.54) is 39.1 Å². The van der Waals surface area contributed by atoms with Gasteiger partial charge < -0.3 is 9.80 Å². The molecule has 0 N–H and O–H groups in total. The maximum atomic E-state index is 2.65. The van der Waals surface area contributed by atoms with Crippen molar-refractivity contribution in [1.29, 1.82) is 0 Å². The normalized spacial score (nSPS) is 28.6. The minimum absolute atomic E-state index is 0.698. The highest BCUT2D eigenvalue weighted by Gasteiger charge is 2.45. The van der Waals surface area contributed by atoms with Crippen LogP contribution < -0.4 is 0 Å². The molecule has 2 rings (SSSR count). The third-order valence-electron chi connectivity index (χ3n) is 3.35. The second-order valence-electron chi connectivity index (χ2n) is 5.55. The molecule has 76 valence electrons. The van der Waals surface area contributed by atoms with E-state index in [0.717, 1.165) is 5.92 Å². The van der Waals surface area contributed by atoms with Crippen LogP contribution in [0.4, 0.5) is 0 Å². The van der Waals surface area contributed by atoms with Gasteiger partial charge in [-0.15, -0.1) is 0 Å². The molecule has 0 amide bonds. The van der Waals surface area contributed by atoms with Crippen LogP contribution in [0.15, 0.2) is 0 Å². The molecular formula is C11H22N2. The van der Waals surface area contributed by atoms with Gasteiger partial charge in [0.25, 0.3) is 0 Å². The topological polar surface area (TPSA) is 6.48 Å². The lowest BCUT2D eigenvalue weighted by atomic mass is 9.79. The molecule has 0 unspecified atom stereocenters. The SMILES string of the molecule is CC(C)CN1CCC2(CN(C)C2)C1. The van der Waals surface area contributed by atoms with E-state index in [4.69, 9.17) is 0 Å². The molecule has 2 aliphatic rings. The smallest absolute Gasteiger partial charge is 0.00966 e. The van der Waals surface area contributed by atoms with Gasteiger partial charge in [-0.05, 0) is 25.9 Å². The first-order valence-electron chi connectivity index (χ1n) is 5.51. The first-order chi connectivity index (χ1) is 6.10. The molecule has 2 fully saturated rings. The molecule has 0 saturated carbocycles. The van der Waals surface area contributed by atoms with Gasteiger partial charge in [0.2, 0.25) is 0 Å². The second-order valence-corrected chi connectivity index (χ2v) is 5.55. The molecule has 2 aliphatic heterocycles. The summed E-state index contributed by atoms with van der Waals surface area (Å²) in [4.78, 5) is 5.09. The Hall–Kier alpha value is -0.0800. The zero-order valence-corrected chi connectivity index (χ0v) is 9.21. The van der Waals surface area contributed by atoms with Gasteiger partial charge in [-0.1, -0.05) is 13.8 Å². The lowest BCUT2D eigenvalue weighted by molar-refractivity contribution is 0.0299. The van der Waals surface area contributed by atoms with Crippen molar-refractivity contribution in [2.75, 3.05) is 39.8 Å². The fourth-order valence-electron chi connectivity index (χ4n) is 3.06. The Bertz CT molecular complexity index is 183. The summed E-state index contributed by atoms with van der Waals surface area (Å²) in [5.41, 5.74) is 0.698. The third kappa shape index (κ3) is 1.89. The standard InChI is InChI=1S/C11H22N2/c1-10(2)6-13-5-4-11(9-13)7-12(3)8-11/h10H,4-9H2,1-3H3. The van der Waals surface area contributed by atoms with E-state index >= 15 is 0 Å². The zero-order valence-electron chi connectivity index (χ0n) is 9.21. The van der Waals surface area contributed by atoms with Gasteiger partial charge in [0.05, 0.1) is 0 Å². The second kappa shape index (κ2) is 3.25. The molecule has 0 aromatic rings. The zero-order chi connectivity index (χ0) is 9.47. The van der Waals surface area contributed by atoms with Gasteiger partial charge in [0, 0.05) is 31.6 Å². The van der Waals surface area contributed by atoms with E-state index in [2.05, 4.69) is 30.7 Å². The maximum absolute atomic E-state index is 2.65. The summed E-state index contributed by atoms with van der Waals surface area (Å²) < 4.78 is 0. The largest absolute Gasteiger partial charge is 0.305 e. The Labute approximate surface area is 81.9 Å². The molecular weight excluding hydrogens is 160 g/mol. The first kappa shape index (κ1) is 9.47. The quantitative estimate of drug-likeness (QED) is 0.635. The number of hydrogen-bond acceptors (Lipinski definition) is 2. The Balaban J connectivity index is 1.81. The van der Waals surface area contributed by atoms with Crippen LogP contribution in [-0.4, -0.2) is 49.6 Å². The summed E-state index contributed by atoms with van der Waals surface area (Å²) in [6.07, 6.45) is 1.43. The van der Waals surface area contributed by atoms with Crippen LogP contribution in [0.25, 0.3) is 0 Å². The molecule has 0 radical (unpaired) electrons. The highest BCUT2D eigenvalue weighted by molar-refractivity contribution is 5.00. The van der Waals surface area contributed by atoms with E-state index in [9.17, 15) is 0 Å². The van der Waals surface area contributed by atoms with Crippen LogP contribution >= 0.6 is 0 Å². The van der Waals surface area contributed by atoms with E-state index in [-0.39, 0.29) is 0 Å². The van der Waals surface area contributed by atoms with Gasteiger partial charge in [-0.2, -0.15) is 0 Å². The lowest BCUT2D eigenvalue weighted by Gasteiger charge is -2.46. The molecule has 2 saturated heterocycles. The maximum Gasteiger partial charge on any atom is 0.00966 e. The number of hydrogen-bond donors (Lipinski definition) is 0. The van der Waals surface area contributed by atoms with Crippen LogP contribution in [0.1, 0.15) is 20.3 Å². The molecule has 2 nitrogen and oxygen atoms in total. The van der Waals surface area contributed by atoms with Gasteiger partial charge in [-0.3, -0.25) is 0 Å². The van der Waals surface area contributed by atoms with Crippen molar-refractivity contribution in [1.82, 2.24) is 9.80 Å². The summed E-state index contributed by atoms with van der Waals surface area (Å²) in [5, 5.41) is 0. The minimum atomic E-state index is 0.698. The molecule has 0 aromatic carbocycles. The molecule has 2 heterocycles. The predicted octanol–water partition coefficient (Wildman–Crippen LogP) is 1.28. The van der Waals surface area contributed by atoms with Crippen molar-refractivity contribution < 1.29 is 0 Å². The predicted molar refractivity (Wildman–Crippen MR) is 55.8 cm³/mol. The number of rotatable bonds is 2. The van der Waals surface area contributed by atoms with E-state index in [1.54, 1.807) is 0 Å². The molecule has 13 heavy (non-hydrogen) atoms. The minimum Gasteiger partial charge on any atom is -0.305 e. The average Bonchev–Trinajstić information content (AvgIpc) is 2.30. The van der Waals surface area contributed by atoms with Gasteiger partial charge >= 0.3 is 0 Å². The van der Waals surface area contributed by atoms with E-state index in [0.29, 0.717) is 5.41 Å². The van der Waals surface area contributed by atoms with Crippen molar-refractivity contribution >= 4 is 0 Å². The molecule has 2 heteroatoms. The van der Waals surface area contributed by atoms with Crippen molar-refractivity contribution in [2.24, 2.45) is 11.3 Å². The Morgan fingerprint density at radius 3 is 2.46 bits per heavy atom. The number of likely N-dealkylation sites (tertiary alicyclic amines) is 2. The Kier molecular flexibility index (Phi) is 2.37. The van der Waals surface area contributed by atoms with Crippen LogP contribution in [0.5, 0.6) is 0 Å². The molecule has 1 spiro atoms. The van der Waals surface area contributed by atoms with Gasteiger partial charge in [-0.25, -0.2) is 0 Å². The molecule has 0 bridgehead atoms. The Morgan fingerprint density at radius 1 is 1.23 bits per heavy atom. The summed E-state index contributed by atoms with van der Waals surface area (Å²) in [5.74, 6) is 0.827. The third-order valence-corrected chi connectivity index (χ3v) is 3.35. The average molecular weight is 182 g/mol. The van der Waals surface area contributed by atoms with Crippen LogP contribution in [0, 0.1) is 11.3 Å². The number of nitrogens with zero attached hydrogens (tertiary/aromatic N) is 2. The van der Waals surface area contributed by atoms with E-state index < -0.39 is 0 Å².